The third-order valence-electron chi connectivity index (χ3n) is 5.07. The average Bonchev–Trinajstić information content (AvgIpc) is 2.64. The summed E-state index contributed by atoms with van der Waals surface area (Å²) in [5.74, 6) is -1.53. The van der Waals surface area contributed by atoms with E-state index in [9.17, 15) is 13.6 Å². The number of ketones is 1. The fourth-order valence-electron chi connectivity index (χ4n) is 3.75. The predicted molar refractivity (Wildman–Crippen MR) is 101 cm³/mol. The molecule has 3 rings (SSSR count). The van der Waals surface area contributed by atoms with E-state index in [0.717, 1.165) is 5.56 Å². The Kier molecular flexibility index (Phi) is 6.45. The van der Waals surface area contributed by atoms with E-state index in [2.05, 4.69) is 5.32 Å². The van der Waals surface area contributed by atoms with Crippen LogP contribution in [0, 0.1) is 17.6 Å². The maximum absolute atomic E-state index is 14.5. The Hall–Kier alpha value is -1.98. The van der Waals surface area contributed by atoms with E-state index in [-0.39, 0.29) is 41.8 Å². The van der Waals surface area contributed by atoms with Crippen LogP contribution in [0.4, 0.5) is 8.78 Å². The Labute approximate surface area is 162 Å². The summed E-state index contributed by atoms with van der Waals surface area (Å²) in [5.41, 5.74) is 0.938. The van der Waals surface area contributed by atoms with Crippen molar-refractivity contribution in [1.29, 1.82) is 0 Å². The fourth-order valence-corrected chi connectivity index (χ4v) is 3.87. The summed E-state index contributed by atoms with van der Waals surface area (Å²) < 4.78 is 34.0. The van der Waals surface area contributed by atoms with E-state index in [1.165, 1.54) is 19.2 Å². The van der Waals surface area contributed by atoms with Crippen molar-refractivity contribution in [3.63, 3.8) is 0 Å². The molecule has 2 atom stereocenters. The SMILES string of the molecule is COc1cc(F)c(C2CCNC[C@H]2CC(=O)Cc2ccc(Cl)cc2)c(F)c1. The largest absolute Gasteiger partial charge is 0.497 e. The van der Waals surface area contributed by atoms with Gasteiger partial charge in [-0.25, -0.2) is 8.78 Å². The summed E-state index contributed by atoms with van der Waals surface area (Å²) in [4.78, 5) is 12.5. The molecule has 1 N–H and O–H groups in total. The molecule has 6 heteroatoms. The minimum atomic E-state index is -0.617. The fraction of sp³-hybridized carbons (Fsp3) is 0.381. The van der Waals surface area contributed by atoms with Crippen LogP contribution in [-0.4, -0.2) is 26.0 Å². The zero-order valence-corrected chi connectivity index (χ0v) is 15.9. The number of benzene rings is 2. The highest BCUT2D eigenvalue weighted by atomic mass is 35.5. The summed E-state index contributed by atoms with van der Waals surface area (Å²) in [5, 5.41) is 3.85. The zero-order valence-electron chi connectivity index (χ0n) is 15.1. The summed E-state index contributed by atoms with van der Waals surface area (Å²) in [6.45, 7) is 1.22. The van der Waals surface area contributed by atoms with Crippen molar-refractivity contribution in [2.24, 2.45) is 5.92 Å². The lowest BCUT2D eigenvalue weighted by Gasteiger charge is -2.32. The number of Topliss-reactive ketones (excluding diaryl/α,β-unsaturated/α-hetero) is 1. The first kappa shape index (κ1) is 19.8. The molecule has 1 heterocycles. The number of ether oxygens (including phenoxy) is 1. The van der Waals surface area contributed by atoms with Gasteiger partial charge in [0.25, 0.3) is 0 Å². The number of carbonyl (C=O) groups is 1. The second kappa shape index (κ2) is 8.81. The molecule has 0 saturated carbocycles. The predicted octanol–water partition coefficient (Wildman–Crippen LogP) is 4.52. The van der Waals surface area contributed by atoms with Gasteiger partial charge in [0.1, 0.15) is 23.2 Å². The van der Waals surface area contributed by atoms with Gasteiger partial charge in [0.15, 0.2) is 0 Å². The van der Waals surface area contributed by atoms with Gasteiger partial charge in [-0.2, -0.15) is 0 Å². The number of hydrogen-bond donors (Lipinski definition) is 1. The molecule has 0 radical (unpaired) electrons. The number of methoxy groups -OCH3 is 1. The molecule has 27 heavy (non-hydrogen) atoms. The molecule has 0 spiro atoms. The number of hydrogen-bond acceptors (Lipinski definition) is 3. The molecule has 0 aliphatic carbocycles. The maximum atomic E-state index is 14.5. The first-order chi connectivity index (χ1) is 13.0. The first-order valence-electron chi connectivity index (χ1n) is 8.97. The minimum absolute atomic E-state index is 0.0466. The topological polar surface area (TPSA) is 38.3 Å². The quantitative estimate of drug-likeness (QED) is 0.784. The molecule has 144 valence electrons. The van der Waals surface area contributed by atoms with Crippen LogP contribution in [0.5, 0.6) is 5.75 Å². The Morgan fingerprint density at radius 2 is 1.89 bits per heavy atom. The zero-order chi connectivity index (χ0) is 19.4. The molecular weight excluding hydrogens is 372 g/mol. The number of rotatable bonds is 6. The molecule has 2 aromatic carbocycles. The van der Waals surface area contributed by atoms with Crippen LogP contribution in [0.2, 0.25) is 5.02 Å². The van der Waals surface area contributed by atoms with Crippen molar-refractivity contribution >= 4 is 17.4 Å². The molecule has 1 unspecified atom stereocenters. The number of nitrogens with one attached hydrogen (secondary N) is 1. The van der Waals surface area contributed by atoms with Crippen molar-refractivity contribution < 1.29 is 18.3 Å². The summed E-state index contributed by atoms with van der Waals surface area (Å²) in [6, 6.07) is 9.54. The van der Waals surface area contributed by atoms with Gasteiger partial charge >= 0.3 is 0 Å². The van der Waals surface area contributed by atoms with Gasteiger partial charge < -0.3 is 10.1 Å². The second-order valence-electron chi connectivity index (χ2n) is 6.91. The molecule has 1 aliphatic heterocycles. The monoisotopic (exact) mass is 393 g/mol. The first-order valence-corrected chi connectivity index (χ1v) is 9.35. The van der Waals surface area contributed by atoms with Gasteiger partial charge in [0.2, 0.25) is 0 Å². The molecule has 2 aromatic rings. The van der Waals surface area contributed by atoms with Gasteiger partial charge in [0.05, 0.1) is 7.11 Å². The van der Waals surface area contributed by atoms with Crippen LogP contribution < -0.4 is 10.1 Å². The van der Waals surface area contributed by atoms with E-state index in [1.807, 2.05) is 12.1 Å². The summed E-state index contributed by atoms with van der Waals surface area (Å²) >= 11 is 5.87. The van der Waals surface area contributed by atoms with E-state index in [0.29, 0.717) is 24.5 Å². The van der Waals surface area contributed by atoms with Gasteiger partial charge in [-0.3, -0.25) is 4.79 Å². The van der Waals surface area contributed by atoms with Crippen molar-refractivity contribution in [2.45, 2.75) is 25.2 Å². The third kappa shape index (κ3) is 4.85. The lowest BCUT2D eigenvalue weighted by Crippen LogP contribution is -2.37. The van der Waals surface area contributed by atoms with Crippen LogP contribution >= 0.6 is 11.6 Å². The Bertz CT molecular complexity index is 787. The Balaban J connectivity index is 1.76. The van der Waals surface area contributed by atoms with E-state index in [4.69, 9.17) is 16.3 Å². The summed E-state index contributed by atoms with van der Waals surface area (Å²) in [7, 11) is 1.37. The highest BCUT2D eigenvalue weighted by Gasteiger charge is 2.32. The molecule has 0 bridgehead atoms. The Morgan fingerprint density at radius 3 is 2.52 bits per heavy atom. The summed E-state index contributed by atoms with van der Waals surface area (Å²) in [6.07, 6.45) is 1.14. The van der Waals surface area contributed by atoms with Crippen molar-refractivity contribution in [3.8, 4) is 5.75 Å². The van der Waals surface area contributed by atoms with Crippen molar-refractivity contribution in [1.82, 2.24) is 5.32 Å². The van der Waals surface area contributed by atoms with Crippen LogP contribution in [0.25, 0.3) is 0 Å². The Morgan fingerprint density at radius 1 is 1.22 bits per heavy atom. The molecule has 3 nitrogen and oxygen atoms in total. The van der Waals surface area contributed by atoms with Crippen LogP contribution in [0.15, 0.2) is 36.4 Å². The van der Waals surface area contributed by atoms with Crippen molar-refractivity contribution in [3.05, 3.63) is 64.2 Å². The van der Waals surface area contributed by atoms with Crippen LogP contribution in [-0.2, 0) is 11.2 Å². The van der Waals surface area contributed by atoms with Gasteiger partial charge in [-0.15, -0.1) is 0 Å². The maximum Gasteiger partial charge on any atom is 0.137 e. The van der Waals surface area contributed by atoms with E-state index in [1.54, 1.807) is 12.1 Å². The van der Waals surface area contributed by atoms with Gasteiger partial charge in [-0.05, 0) is 49.0 Å². The van der Waals surface area contributed by atoms with Crippen LogP contribution in [0.3, 0.4) is 0 Å². The standard InChI is InChI=1S/C21H22ClF2NO2/c1-27-17-10-19(23)21(20(24)11-17)18-6-7-25-12-14(18)9-16(26)8-13-2-4-15(22)5-3-13/h2-5,10-11,14,18,25H,6-9,12H2,1H3/t14-,18?/m1/s1. The highest BCUT2D eigenvalue weighted by Crippen LogP contribution is 2.37. The number of halogens is 3. The molecule has 1 saturated heterocycles. The van der Waals surface area contributed by atoms with Crippen LogP contribution in [0.1, 0.15) is 29.9 Å². The molecule has 0 aromatic heterocycles. The second-order valence-corrected chi connectivity index (χ2v) is 7.35. The lowest BCUT2D eigenvalue weighted by molar-refractivity contribution is -0.119. The lowest BCUT2D eigenvalue weighted by atomic mass is 9.77. The van der Waals surface area contributed by atoms with Crippen molar-refractivity contribution in [2.75, 3.05) is 20.2 Å². The van der Waals surface area contributed by atoms with E-state index >= 15 is 0 Å². The number of piperidine rings is 1. The third-order valence-corrected chi connectivity index (χ3v) is 5.32. The molecule has 1 fully saturated rings. The molecule has 0 amide bonds. The highest BCUT2D eigenvalue weighted by molar-refractivity contribution is 6.30. The normalized spacial score (nSPS) is 19.7. The van der Waals surface area contributed by atoms with Gasteiger partial charge in [0, 0.05) is 35.6 Å². The van der Waals surface area contributed by atoms with E-state index < -0.39 is 11.6 Å². The molecule has 1 aliphatic rings. The average molecular weight is 394 g/mol. The molecular formula is C21H22ClF2NO2. The van der Waals surface area contributed by atoms with Gasteiger partial charge in [-0.1, -0.05) is 23.7 Å². The minimum Gasteiger partial charge on any atom is -0.497 e. The smallest absolute Gasteiger partial charge is 0.137 e. The number of carbonyl (C=O) groups excluding carboxylic acids is 1.